The number of nitrogens with zero attached hydrogens (tertiary/aromatic N) is 1. The van der Waals surface area contributed by atoms with E-state index >= 15 is 0 Å². The highest BCUT2D eigenvalue weighted by Gasteiger charge is 2.51. The van der Waals surface area contributed by atoms with E-state index < -0.39 is 35.5 Å². The third-order valence-electron chi connectivity index (χ3n) is 6.71. The molecule has 4 atom stereocenters. The number of halogens is 5. The number of aliphatic imine (C=N–C) groups is 1. The van der Waals surface area contributed by atoms with Crippen molar-refractivity contribution in [2.75, 3.05) is 26.8 Å². The van der Waals surface area contributed by atoms with E-state index in [4.69, 9.17) is 22.1 Å². The predicted molar refractivity (Wildman–Crippen MR) is 137 cm³/mol. The molecule has 1 aromatic rings. The monoisotopic (exact) mass is 551 g/mol. The molecule has 1 amide bonds. The average Bonchev–Trinajstić information content (AvgIpc) is 2.83. The first-order valence-corrected chi connectivity index (χ1v) is 13.0. The van der Waals surface area contributed by atoms with E-state index in [0.717, 1.165) is 6.07 Å². The number of amides is 1. The Balaban J connectivity index is 2.26. The van der Waals surface area contributed by atoms with Crippen LogP contribution in [0.1, 0.15) is 62.7 Å². The Hall–Kier alpha value is -1.95. The van der Waals surface area contributed by atoms with Crippen LogP contribution in [0.3, 0.4) is 0 Å². The van der Waals surface area contributed by atoms with E-state index in [1.165, 1.54) is 12.1 Å². The van der Waals surface area contributed by atoms with Gasteiger partial charge in [-0.2, -0.15) is 13.2 Å². The second kappa shape index (κ2) is 14.3. The summed E-state index contributed by atoms with van der Waals surface area (Å²) in [6.45, 7) is 5.12. The normalized spacial score (nSPS) is 23.5. The molecule has 7 nitrogen and oxygen atoms in total. The second-order valence-corrected chi connectivity index (χ2v) is 9.79. The van der Waals surface area contributed by atoms with Crippen LogP contribution in [-0.2, 0) is 4.74 Å². The van der Waals surface area contributed by atoms with Crippen LogP contribution < -0.4 is 21.7 Å². The number of carbonyl (C=O) groups excluding carboxylic acids is 1. The topological polar surface area (TPSA) is 101 Å². The molecule has 0 bridgehead atoms. The minimum Gasteiger partial charge on any atom is -0.382 e. The molecule has 5 N–H and O–H groups in total. The summed E-state index contributed by atoms with van der Waals surface area (Å²) in [6, 6.07) is 3.68. The number of nitrogens with one attached hydrogen (secondary N) is 3. The fraction of sp³-hybridized carbons (Fsp3) is 0.680. The molecule has 0 saturated heterocycles. The van der Waals surface area contributed by atoms with Crippen molar-refractivity contribution in [1.82, 2.24) is 16.0 Å². The van der Waals surface area contributed by atoms with Gasteiger partial charge in [-0.25, -0.2) is 4.39 Å². The van der Waals surface area contributed by atoms with Crippen molar-refractivity contribution in [2.45, 2.75) is 70.3 Å². The van der Waals surface area contributed by atoms with Gasteiger partial charge in [-0.15, -0.1) is 0 Å². The largest absolute Gasteiger partial charge is 0.391 e. The summed E-state index contributed by atoms with van der Waals surface area (Å²) in [4.78, 5) is 17.3. The summed E-state index contributed by atoms with van der Waals surface area (Å²) in [5.41, 5.74) is 5.62. The Morgan fingerprint density at radius 2 is 2.05 bits per heavy atom. The van der Waals surface area contributed by atoms with Gasteiger partial charge in [0.25, 0.3) is 5.91 Å². The van der Waals surface area contributed by atoms with E-state index in [2.05, 4.69) is 20.9 Å². The first kappa shape index (κ1) is 31.3. The molecule has 37 heavy (non-hydrogen) atoms. The zero-order chi connectivity index (χ0) is 27.6. The van der Waals surface area contributed by atoms with E-state index in [-0.39, 0.29) is 41.7 Å². The van der Waals surface area contributed by atoms with Crippen LogP contribution in [0.2, 0.25) is 5.02 Å². The van der Waals surface area contributed by atoms with Crippen LogP contribution in [0.15, 0.2) is 23.2 Å². The highest BCUT2D eigenvalue weighted by molar-refractivity contribution is 6.30. The van der Waals surface area contributed by atoms with Crippen LogP contribution in [0.4, 0.5) is 17.6 Å². The van der Waals surface area contributed by atoms with E-state index in [1.54, 1.807) is 7.05 Å². The summed E-state index contributed by atoms with van der Waals surface area (Å²) < 4.78 is 59.8. The predicted octanol–water partition coefficient (Wildman–Crippen LogP) is 4.60. The summed E-state index contributed by atoms with van der Waals surface area (Å²) in [7, 11) is 1.67. The van der Waals surface area contributed by atoms with Gasteiger partial charge in [0.2, 0.25) is 0 Å². The van der Waals surface area contributed by atoms with Crippen LogP contribution in [-0.4, -0.2) is 56.6 Å². The molecule has 0 spiro atoms. The molecular weight excluding hydrogens is 514 g/mol. The Morgan fingerprint density at radius 1 is 1.32 bits per heavy atom. The zero-order valence-corrected chi connectivity index (χ0v) is 22.3. The van der Waals surface area contributed by atoms with Gasteiger partial charge >= 0.3 is 6.18 Å². The number of guanidine groups is 1. The van der Waals surface area contributed by atoms with Crippen LogP contribution in [0, 0.1) is 17.7 Å². The maximum Gasteiger partial charge on any atom is 0.391 e. The molecule has 0 aliphatic heterocycles. The molecule has 12 heteroatoms. The number of carbonyl (C=O) groups is 1. The van der Waals surface area contributed by atoms with Gasteiger partial charge in [-0.3, -0.25) is 15.1 Å². The quantitative estimate of drug-likeness (QED) is 0.106. The average molecular weight is 552 g/mol. The number of benzene rings is 1. The van der Waals surface area contributed by atoms with Crippen molar-refractivity contribution >= 4 is 23.5 Å². The van der Waals surface area contributed by atoms with Gasteiger partial charge in [0.15, 0.2) is 5.96 Å². The number of ether oxygens (including phenoxy) is 1. The highest BCUT2D eigenvalue weighted by Crippen LogP contribution is 2.45. The lowest BCUT2D eigenvalue weighted by Crippen LogP contribution is -2.64. The van der Waals surface area contributed by atoms with Crippen molar-refractivity contribution in [1.29, 1.82) is 0 Å². The molecule has 1 aliphatic rings. The molecule has 2 rings (SSSR count). The number of nitrogens with two attached hydrogens (primary N) is 1. The zero-order valence-electron chi connectivity index (χ0n) is 21.6. The maximum atomic E-state index is 13.9. The number of alkyl halides is 3. The Kier molecular flexibility index (Phi) is 12.1. The van der Waals surface area contributed by atoms with E-state index in [1.807, 2.05) is 13.8 Å². The van der Waals surface area contributed by atoms with Crippen LogP contribution >= 0.6 is 11.6 Å². The van der Waals surface area contributed by atoms with Gasteiger partial charge in [0.1, 0.15) is 5.82 Å². The summed E-state index contributed by atoms with van der Waals surface area (Å²) in [5, 5.41) is 8.79. The number of hydrogen-bond acceptors (Lipinski definition) is 5. The molecule has 1 aliphatic carbocycles. The number of hydrogen-bond donors (Lipinski definition) is 4. The van der Waals surface area contributed by atoms with Crippen molar-refractivity contribution in [3.8, 4) is 0 Å². The lowest BCUT2D eigenvalue weighted by atomic mass is 9.65. The molecule has 210 valence electrons. The van der Waals surface area contributed by atoms with E-state index in [0.29, 0.717) is 39.0 Å². The fourth-order valence-corrected chi connectivity index (χ4v) is 4.99. The molecule has 1 saturated carbocycles. The minimum absolute atomic E-state index is 0.0338. The van der Waals surface area contributed by atoms with Gasteiger partial charge in [0, 0.05) is 36.8 Å². The standard InChI is InChI=1S/C25H38ClF4N5O2/c1-4-11-24(31)15-17(25(28,29)30)8-9-18(24)21(32-3)34-23(33-12-6-13-37-5-2)35-22(36)16-7-10-19(26)20(27)14-16/h7,10,14,17-18,21,32H,4-6,8-9,11-13,15,31H2,1-3H3,(H2,33,34,35,36). The maximum absolute atomic E-state index is 13.9. The second-order valence-electron chi connectivity index (χ2n) is 9.38. The Morgan fingerprint density at radius 3 is 2.65 bits per heavy atom. The van der Waals surface area contributed by atoms with Gasteiger partial charge in [-0.05, 0) is 64.3 Å². The van der Waals surface area contributed by atoms with Crippen molar-refractivity contribution in [3.05, 3.63) is 34.6 Å². The molecular formula is C25H38ClF4N5O2. The van der Waals surface area contributed by atoms with Gasteiger partial charge in [0.05, 0.1) is 17.1 Å². The SMILES string of the molecule is CCCC1(N)CC(C(F)(F)F)CCC1C(NC)NC(=NCCCOCC)NC(=O)c1ccc(Cl)c(F)c1. The highest BCUT2D eigenvalue weighted by atomic mass is 35.5. The fourth-order valence-electron chi connectivity index (χ4n) is 4.87. The summed E-state index contributed by atoms with van der Waals surface area (Å²) in [6.07, 6.45) is -3.21. The lowest BCUT2D eigenvalue weighted by molar-refractivity contribution is -0.192. The Bertz CT molecular complexity index is 918. The molecule has 4 unspecified atom stereocenters. The van der Waals surface area contributed by atoms with Gasteiger partial charge < -0.3 is 21.1 Å². The first-order valence-electron chi connectivity index (χ1n) is 12.6. The molecule has 0 heterocycles. The molecule has 1 aromatic carbocycles. The summed E-state index contributed by atoms with van der Waals surface area (Å²) >= 11 is 5.72. The first-order chi connectivity index (χ1) is 17.4. The minimum atomic E-state index is -4.30. The third-order valence-corrected chi connectivity index (χ3v) is 7.02. The smallest absolute Gasteiger partial charge is 0.382 e. The van der Waals surface area contributed by atoms with Crippen molar-refractivity contribution in [3.63, 3.8) is 0 Å². The molecule has 0 radical (unpaired) electrons. The van der Waals surface area contributed by atoms with Crippen LogP contribution in [0.5, 0.6) is 0 Å². The number of rotatable bonds is 11. The third kappa shape index (κ3) is 9.08. The molecule has 1 fully saturated rings. The molecule has 0 aromatic heterocycles. The van der Waals surface area contributed by atoms with Crippen LogP contribution in [0.25, 0.3) is 0 Å². The summed E-state index contributed by atoms with van der Waals surface area (Å²) in [5.74, 6) is -3.07. The van der Waals surface area contributed by atoms with Crippen molar-refractivity contribution < 1.29 is 27.1 Å². The Labute approximate surface area is 220 Å². The van der Waals surface area contributed by atoms with Crippen molar-refractivity contribution in [2.24, 2.45) is 22.6 Å². The van der Waals surface area contributed by atoms with Gasteiger partial charge in [-0.1, -0.05) is 24.9 Å². The van der Waals surface area contributed by atoms with E-state index in [9.17, 15) is 22.4 Å². The lowest BCUT2D eigenvalue weighted by Gasteiger charge is -2.48.